The standard InChI is InChI=1S/C20H17Cl2/c1-13-6-8-15(9-7-13)17-10-11-18(20(22)19(17)21)16-5-3-4-14(2)12-16/h3-9,11-12H,10H2,1-2H3. The van der Waals surface area contributed by atoms with Crippen LogP contribution >= 0.6 is 23.2 Å². The SMILES string of the molecule is Cc1ccc(C2=C(Cl)C(Cl)=C(c3cccc(C)c3)[CH]C2)cc1. The van der Waals surface area contributed by atoms with Gasteiger partial charge in [-0.3, -0.25) is 0 Å². The minimum absolute atomic E-state index is 0.633. The first kappa shape index (κ1) is 15.4. The molecule has 3 rings (SSSR count). The van der Waals surface area contributed by atoms with Crippen LogP contribution in [0.4, 0.5) is 0 Å². The van der Waals surface area contributed by atoms with E-state index < -0.39 is 0 Å². The second kappa shape index (κ2) is 6.32. The van der Waals surface area contributed by atoms with E-state index in [-0.39, 0.29) is 0 Å². The topological polar surface area (TPSA) is 0 Å². The van der Waals surface area contributed by atoms with Crippen molar-refractivity contribution < 1.29 is 0 Å². The van der Waals surface area contributed by atoms with Crippen molar-refractivity contribution in [2.45, 2.75) is 20.3 Å². The third kappa shape index (κ3) is 2.99. The molecule has 0 fully saturated rings. The summed E-state index contributed by atoms with van der Waals surface area (Å²) >= 11 is 13.1. The molecule has 111 valence electrons. The van der Waals surface area contributed by atoms with Gasteiger partial charge >= 0.3 is 0 Å². The Labute approximate surface area is 142 Å². The summed E-state index contributed by atoms with van der Waals surface area (Å²) < 4.78 is 0. The molecule has 2 aromatic rings. The summed E-state index contributed by atoms with van der Waals surface area (Å²) in [6, 6.07) is 16.7. The van der Waals surface area contributed by atoms with Gasteiger partial charge in [-0.05, 0) is 49.0 Å². The number of aryl methyl sites for hydroxylation is 2. The Hall–Kier alpha value is -1.50. The molecular weight excluding hydrogens is 311 g/mol. The molecule has 0 spiro atoms. The third-order valence-corrected chi connectivity index (χ3v) is 4.84. The second-order valence-corrected chi connectivity index (χ2v) is 6.42. The number of benzene rings is 2. The van der Waals surface area contributed by atoms with Gasteiger partial charge in [-0.1, -0.05) is 82.9 Å². The van der Waals surface area contributed by atoms with Gasteiger partial charge in [0.1, 0.15) is 0 Å². The first-order chi connectivity index (χ1) is 10.6. The van der Waals surface area contributed by atoms with Crippen molar-refractivity contribution in [3.05, 3.63) is 87.3 Å². The molecule has 0 unspecified atom stereocenters. The van der Waals surface area contributed by atoms with E-state index in [0.29, 0.717) is 10.1 Å². The van der Waals surface area contributed by atoms with E-state index in [4.69, 9.17) is 23.2 Å². The summed E-state index contributed by atoms with van der Waals surface area (Å²) in [5.74, 6) is 0. The number of allylic oxidation sites excluding steroid dienone is 4. The maximum absolute atomic E-state index is 6.56. The van der Waals surface area contributed by atoms with Gasteiger partial charge < -0.3 is 0 Å². The van der Waals surface area contributed by atoms with Gasteiger partial charge in [-0.2, -0.15) is 0 Å². The lowest BCUT2D eigenvalue weighted by molar-refractivity contribution is 1.26. The molecule has 0 bridgehead atoms. The monoisotopic (exact) mass is 327 g/mol. The molecule has 0 aromatic heterocycles. The summed E-state index contributed by atoms with van der Waals surface area (Å²) in [5, 5.41) is 1.29. The van der Waals surface area contributed by atoms with Crippen LogP contribution < -0.4 is 0 Å². The average molecular weight is 328 g/mol. The molecule has 0 aliphatic heterocycles. The Balaban J connectivity index is 2.05. The fourth-order valence-corrected chi connectivity index (χ4v) is 3.28. The Morgan fingerprint density at radius 1 is 0.773 bits per heavy atom. The van der Waals surface area contributed by atoms with Crippen LogP contribution in [-0.2, 0) is 0 Å². The summed E-state index contributed by atoms with van der Waals surface area (Å²) in [5.41, 5.74) is 6.81. The van der Waals surface area contributed by atoms with E-state index in [1.54, 1.807) is 0 Å². The van der Waals surface area contributed by atoms with Gasteiger partial charge in [0.15, 0.2) is 0 Å². The fourth-order valence-electron chi connectivity index (χ4n) is 2.69. The molecule has 0 atom stereocenters. The molecule has 0 N–H and O–H groups in total. The van der Waals surface area contributed by atoms with Crippen molar-refractivity contribution in [3.8, 4) is 0 Å². The maximum atomic E-state index is 6.56. The summed E-state index contributed by atoms with van der Waals surface area (Å²) in [7, 11) is 0. The molecule has 1 radical (unpaired) electrons. The second-order valence-electron chi connectivity index (χ2n) is 5.66. The first-order valence-electron chi connectivity index (χ1n) is 7.32. The normalized spacial score (nSPS) is 15.5. The summed E-state index contributed by atoms with van der Waals surface area (Å²) in [6.45, 7) is 4.16. The van der Waals surface area contributed by atoms with Gasteiger partial charge in [0.25, 0.3) is 0 Å². The van der Waals surface area contributed by atoms with Crippen LogP contribution in [-0.4, -0.2) is 0 Å². The molecular formula is C20H17Cl2. The predicted molar refractivity (Wildman–Crippen MR) is 96.8 cm³/mol. The highest BCUT2D eigenvalue weighted by Gasteiger charge is 2.21. The Bertz CT molecular complexity index is 765. The summed E-state index contributed by atoms with van der Waals surface area (Å²) in [6.07, 6.45) is 2.96. The smallest absolute Gasteiger partial charge is 0.0636 e. The van der Waals surface area contributed by atoms with Gasteiger partial charge in [-0.25, -0.2) is 0 Å². The highest BCUT2D eigenvalue weighted by atomic mass is 35.5. The number of halogens is 2. The lowest BCUT2D eigenvalue weighted by atomic mass is 9.89. The van der Waals surface area contributed by atoms with Crippen molar-refractivity contribution in [3.63, 3.8) is 0 Å². The molecule has 0 nitrogen and oxygen atoms in total. The highest BCUT2D eigenvalue weighted by molar-refractivity contribution is 6.48. The van der Waals surface area contributed by atoms with E-state index in [1.165, 1.54) is 11.1 Å². The first-order valence-corrected chi connectivity index (χ1v) is 8.08. The van der Waals surface area contributed by atoms with Crippen LogP contribution in [0.1, 0.15) is 28.7 Å². The van der Waals surface area contributed by atoms with E-state index >= 15 is 0 Å². The third-order valence-electron chi connectivity index (χ3n) is 3.93. The minimum Gasteiger partial charge on any atom is -0.0824 e. The van der Waals surface area contributed by atoms with Gasteiger partial charge in [0, 0.05) is 0 Å². The Morgan fingerprint density at radius 3 is 2.18 bits per heavy atom. The zero-order chi connectivity index (χ0) is 15.7. The fraction of sp³-hybridized carbons (Fsp3) is 0.150. The number of rotatable bonds is 2. The summed E-state index contributed by atoms with van der Waals surface area (Å²) in [4.78, 5) is 0. The largest absolute Gasteiger partial charge is 0.0824 e. The van der Waals surface area contributed by atoms with Crippen LogP contribution in [0.5, 0.6) is 0 Å². The zero-order valence-electron chi connectivity index (χ0n) is 12.7. The van der Waals surface area contributed by atoms with Crippen LogP contribution in [0, 0.1) is 20.3 Å². The van der Waals surface area contributed by atoms with E-state index in [0.717, 1.165) is 28.7 Å². The Morgan fingerprint density at radius 2 is 1.50 bits per heavy atom. The molecule has 1 aliphatic rings. The molecule has 1 aliphatic carbocycles. The quantitative estimate of drug-likeness (QED) is 0.589. The van der Waals surface area contributed by atoms with Gasteiger partial charge in [-0.15, -0.1) is 0 Å². The van der Waals surface area contributed by atoms with Crippen molar-refractivity contribution in [1.29, 1.82) is 0 Å². The van der Waals surface area contributed by atoms with E-state index in [2.05, 4.69) is 62.7 Å². The van der Waals surface area contributed by atoms with Crippen molar-refractivity contribution in [1.82, 2.24) is 0 Å². The molecule has 22 heavy (non-hydrogen) atoms. The van der Waals surface area contributed by atoms with E-state index in [1.807, 2.05) is 6.07 Å². The number of hydrogen-bond donors (Lipinski definition) is 0. The molecule has 0 saturated heterocycles. The lowest BCUT2D eigenvalue weighted by Gasteiger charge is -2.21. The molecule has 0 saturated carbocycles. The van der Waals surface area contributed by atoms with Crippen molar-refractivity contribution in [2.24, 2.45) is 0 Å². The molecule has 0 amide bonds. The average Bonchev–Trinajstić information content (AvgIpc) is 2.51. The van der Waals surface area contributed by atoms with Crippen LogP contribution in [0.25, 0.3) is 11.1 Å². The van der Waals surface area contributed by atoms with Crippen molar-refractivity contribution >= 4 is 34.3 Å². The van der Waals surface area contributed by atoms with Crippen LogP contribution in [0.3, 0.4) is 0 Å². The van der Waals surface area contributed by atoms with Gasteiger partial charge in [0.05, 0.1) is 10.1 Å². The number of hydrogen-bond acceptors (Lipinski definition) is 0. The molecule has 0 heterocycles. The lowest BCUT2D eigenvalue weighted by Crippen LogP contribution is -2.01. The van der Waals surface area contributed by atoms with Gasteiger partial charge in [0.2, 0.25) is 0 Å². The predicted octanol–water partition coefficient (Wildman–Crippen LogP) is 6.51. The maximum Gasteiger partial charge on any atom is 0.0636 e. The highest BCUT2D eigenvalue weighted by Crippen LogP contribution is 2.43. The van der Waals surface area contributed by atoms with E-state index in [9.17, 15) is 0 Å². The van der Waals surface area contributed by atoms with Crippen molar-refractivity contribution in [2.75, 3.05) is 0 Å². The minimum atomic E-state index is 0.633. The van der Waals surface area contributed by atoms with Crippen LogP contribution in [0.2, 0.25) is 0 Å². The van der Waals surface area contributed by atoms with Crippen LogP contribution in [0.15, 0.2) is 58.6 Å². The Kier molecular flexibility index (Phi) is 4.42. The molecule has 2 heteroatoms. The molecule has 2 aromatic carbocycles. The zero-order valence-corrected chi connectivity index (χ0v) is 14.2.